The molecule has 1 aliphatic heterocycles. The molecular formula is C12H21N3OS. The molecule has 0 aliphatic carbocycles. The van der Waals surface area contributed by atoms with Crippen LogP contribution in [0, 0.1) is 6.92 Å². The molecule has 1 aromatic rings. The average molecular weight is 255 g/mol. The van der Waals surface area contributed by atoms with Crippen LogP contribution >= 0.6 is 11.3 Å². The van der Waals surface area contributed by atoms with Crippen LogP contribution in [0.3, 0.4) is 0 Å². The van der Waals surface area contributed by atoms with Crippen molar-refractivity contribution in [2.45, 2.75) is 51.2 Å². The molecule has 2 unspecified atom stereocenters. The largest absolute Gasteiger partial charge is 0.378 e. The first kappa shape index (κ1) is 13.0. The highest BCUT2D eigenvalue weighted by Crippen LogP contribution is 2.19. The minimum absolute atomic E-state index is 0.267. The van der Waals surface area contributed by atoms with Gasteiger partial charge < -0.3 is 4.74 Å². The van der Waals surface area contributed by atoms with E-state index in [-0.39, 0.29) is 6.04 Å². The zero-order valence-corrected chi connectivity index (χ0v) is 11.1. The number of rotatable bonds is 5. The van der Waals surface area contributed by atoms with Gasteiger partial charge in [-0.25, -0.2) is 4.98 Å². The van der Waals surface area contributed by atoms with Crippen LogP contribution in [-0.4, -0.2) is 23.7 Å². The summed E-state index contributed by atoms with van der Waals surface area (Å²) in [6.45, 7) is 2.92. The maximum Gasteiger partial charge on any atom is 0.0944 e. The van der Waals surface area contributed by atoms with Gasteiger partial charge in [0.05, 0.1) is 11.1 Å². The number of aromatic nitrogens is 1. The van der Waals surface area contributed by atoms with Gasteiger partial charge in [-0.2, -0.15) is 0 Å². The lowest BCUT2D eigenvalue weighted by Crippen LogP contribution is -2.40. The van der Waals surface area contributed by atoms with E-state index in [1.807, 2.05) is 6.92 Å². The fraction of sp³-hybridized carbons (Fsp3) is 0.750. The fourth-order valence-electron chi connectivity index (χ4n) is 2.23. The average Bonchev–Trinajstić information content (AvgIpc) is 2.75. The van der Waals surface area contributed by atoms with E-state index in [9.17, 15) is 0 Å². The number of hydrazine groups is 1. The molecule has 17 heavy (non-hydrogen) atoms. The third-order valence-corrected chi connectivity index (χ3v) is 4.13. The molecule has 3 N–H and O–H groups in total. The van der Waals surface area contributed by atoms with E-state index < -0.39 is 0 Å². The second kappa shape index (κ2) is 6.44. The second-order valence-corrected chi connectivity index (χ2v) is 5.62. The highest BCUT2D eigenvalue weighted by atomic mass is 32.1. The quantitative estimate of drug-likeness (QED) is 0.622. The SMILES string of the molecule is Cc1csc(CC(CC2CCCCO2)NN)n1. The van der Waals surface area contributed by atoms with Gasteiger partial charge in [-0.1, -0.05) is 0 Å². The highest BCUT2D eigenvalue weighted by Gasteiger charge is 2.19. The zero-order valence-electron chi connectivity index (χ0n) is 10.3. The van der Waals surface area contributed by atoms with E-state index in [1.165, 1.54) is 12.8 Å². The van der Waals surface area contributed by atoms with Crippen LogP contribution in [-0.2, 0) is 11.2 Å². The van der Waals surface area contributed by atoms with Crippen molar-refractivity contribution in [3.05, 3.63) is 16.1 Å². The van der Waals surface area contributed by atoms with Crippen molar-refractivity contribution in [3.8, 4) is 0 Å². The summed E-state index contributed by atoms with van der Waals surface area (Å²) in [5.41, 5.74) is 3.99. The standard InChI is InChI=1S/C12H21N3OS/c1-9-8-17-12(14-9)7-10(15-13)6-11-4-2-3-5-16-11/h8,10-11,15H,2-7,13H2,1H3. The van der Waals surface area contributed by atoms with Gasteiger partial charge >= 0.3 is 0 Å². The van der Waals surface area contributed by atoms with Crippen molar-refractivity contribution < 1.29 is 4.74 Å². The van der Waals surface area contributed by atoms with Crippen LogP contribution in [0.1, 0.15) is 36.4 Å². The normalized spacial score (nSPS) is 22.6. The molecule has 1 aromatic heterocycles. The molecule has 2 atom stereocenters. The number of nitrogens with zero attached hydrogens (tertiary/aromatic N) is 1. The van der Waals surface area contributed by atoms with Gasteiger partial charge in [-0.15, -0.1) is 11.3 Å². The molecule has 1 aliphatic rings. The summed E-state index contributed by atoms with van der Waals surface area (Å²) < 4.78 is 5.74. The Morgan fingerprint density at radius 1 is 1.65 bits per heavy atom. The van der Waals surface area contributed by atoms with Gasteiger partial charge in [-0.3, -0.25) is 11.3 Å². The number of nitrogens with two attached hydrogens (primary N) is 1. The minimum Gasteiger partial charge on any atom is -0.378 e. The number of hydrogen-bond acceptors (Lipinski definition) is 5. The molecule has 0 spiro atoms. The van der Waals surface area contributed by atoms with Gasteiger partial charge in [0.1, 0.15) is 0 Å². The molecular weight excluding hydrogens is 234 g/mol. The van der Waals surface area contributed by atoms with Crippen LogP contribution in [0.25, 0.3) is 0 Å². The predicted molar refractivity (Wildman–Crippen MR) is 69.9 cm³/mol. The van der Waals surface area contributed by atoms with Crippen molar-refractivity contribution >= 4 is 11.3 Å². The van der Waals surface area contributed by atoms with Gasteiger partial charge in [0.2, 0.25) is 0 Å². The lowest BCUT2D eigenvalue weighted by Gasteiger charge is -2.26. The van der Waals surface area contributed by atoms with Crippen molar-refractivity contribution in [2.75, 3.05) is 6.61 Å². The topological polar surface area (TPSA) is 60.2 Å². The molecule has 96 valence electrons. The van der Waals surface area contributed by atoms with Crippen molar-refractivity contribution in [3.63, 3.8) is 0 Å². The number of nitrogens with one attached hydrogen (secondary N) is 1. The van der Waals surface area contributed by atoms with Crippen molar-refractivity contribution in [1.82, 2.24) is 10.4 Å². The number of thiazole rings is 1. The van der Waals surface area contributed by atoms with Gasteiger partial charge in [0, 0.05) is 30.1 Å². The summed E-state index contributed by atoms with van der Waals surface area (Å²) >= 11 is 1.71. The number of aryl methyl sites for hydroxylation is 1. The smallest absolute Gasteiger partial charge is 0.0944 e. The number of ether oxygens (including phenoxy) is 1. The first-order chi connectivity index (χ1) is 8.28. The Bertz CT molecular complexity index is 336. The molecule has 2 heterocycles. The van der Waals surface area contributed by atoms with E-state index in [0.29, 0.717) is 6.10 Å². The van der Waals surface area contributed by atoms with Gasteiger partial charge in [-0.05, 0) is 32.6 Å². The minimum atomic E-state index is 0.267. The molecule has 1 fully saturated rings. The molecule has 5 heteroatoms. The molecule has 4 nitrogen and oxygen atoms in total. The third kappa shape index (κ3) is 4.03. The summed E-state index contributed by atoms with van der Waals surface area (Å²) in [5.74, 6) is 5.62. The number of hydrogen-bond donors (Lipinski definition) is 2. The summed E-state index contributed by atoms with van der Waals surface area (Å²) in [7, 11) is 0. The monoisotopic (exact) mass is 255 g/mol. The van der Waals surface area contributed by atoms with Gasteiger partial charge in [0.15, 0.2) is 0 Å². The Hall–Kier alpha value is -0.490. The van der Waals surface area contributed by atoms with E-state index in [0.717, 1.165) is 36.6 Å². The second-order valence-electron chi connectivity index (χ2n) is 4.67. The molecule has 1 saturated heterocycles. The summed E-state index contributed by atoms with van der Waals surface area (Å²) in [5, 5.41) is 3.24. The predicted octanol–water partition coefficient (Wildman–Crippen LogP) is 1.79. The lowest BCUT2D eigenvalue weighted by molar-refractivity contribution is 0.00523. The molecule has 0 saturated carbocycles. The Labute approximate surface area is 107 Å². The summed E-state index contributed by atoms with van der Waals surface area (Å²) in [6, 6.07) is 0.267. The van der Waals surface area contributed by atoms with E-state index in [1.54, 1.807) is 11.3 Å². The first-order valence-electron chi connectivity index (χ1n) is 6.26. The maximum atomic E-state index is 5.74. The molecule has 0 amide bonds. The van der Waals surface area contributed by atoms with Crippen molar-refractivity contribution in [2.24, 2.45) is 5.84 Å². The molecule has 0 bridgehead atoms. The molecule has 0 aromatic carbocycles. The summed E-state index contributed by atoms with van der Waals surface area (Å²) in [6.07, 6.45) is 5.88. The third-order valence-electron chi connectivity index (χ3n) is 3.14. The van der Waals surface area contributed by atoms with Crippen LogP contribution in [0.15, 0.2) is 5.38 Å². The van der Waals surface area contributed by atoms with E-state index in [4.69, 9.17) is 10.6 Å². The molecule has 0 radical (unpaired) electrons. The van der Waals surface area contributed by atoms with Crippen LogP contribution < -0.4 is 11.3 Å². The Balaban J connectivity index is 1.83. The Kier molecular flexibility index (Phi) is 4.91. The highest BCUT2D eigenvalue weighted by molar-refractivity contribution is 7.09. The lowest BCUT2D eigenvalue weighted by atomic mass is 10.0. The van der Waals surface area contributed by atoms with E-state index >= 15 is 0 Å². The van der Waals surface area contributed by atoms with Crippen LogP contribution in [0.5, 0.6) is 0 Å². The van der Waals surface area contributed by atoms with E-state index in [2.05, 4.69) is 15.8 Å². The van der Waals surface area contributed by atoms with Crippen molar-refractivity contribution in [1.29, 1.82) is 0 Å². The molecule has 2 rings (SSSR count). The fourth-order valence-corrected chi connectivity index (χ4v) is 3.08. The summed E-state index contributed by atoms with van der Waals surface area (Å²) in [4.78, 5) is 4.47. The zero-order chi connectivity index (χ0) is 12.1. The van der Waals surface area contributed by atoms with Crippen LogP contribution in [0.2, 0.25) is 0 Å². The first-order valence-corrected chi connectivity index (χ1v) is 7.14. The Morgan fingerprint density at radius 3 is 3.12 bits per heavy atom. The Morgan fingerprint density at radius 2 is 2.53 bits per heavy atom. The van der Waals surface area contributed by atoms with Gasteiger partial charge in [0.25, 0.3) is 0 Å². The maximum absolute atomic E-state index is 5.74. The van der Waals surface area contributed by atoms with Crippen LogP contribution in [0.4, 0.5) is 0 Å².